The largest absolute Gasteiger partial charge is 0.497 e. The lowest BCUT2D eigenvalue weighted by Gasteiger charge is -2.35. The number of fused-ring (bicyclic) bond motifs is 1. The van der Waals surface area contributed by atoms with Crippen LogP contribution in [0, 0.1) is 5.82 Å². The van der Waals surface area contributed by atoms with Crippen molar-refractivity contribution in [3.05, 3.63) is 53.3 Å². The van der Waals surface area contributed by atoms with Gasteiger partial charge in [0.25, 0.3) is 0 Å². The summed E-state index contributed by atoms with van der Waals surface area (Å²) in [6.45, 7) is 5.43. The van der Waals surface area contributed by atoms with Gasteiger partial charge in [0.2, 0.25) is 5.95 Å². The van der Waals surface area contributed by atoms with Gasteiger partial charge in [0, 0.05) is 44.8 Å². The van der Waals surface area contributed by atoms with E-state index in [1.54, 1.807) is 23.9 Å². The van der Waals surface area contributed by atoms with Crippen molar-refractivity contribution in [2.24, 2.45) is 0 Å². The third-order valence-corrected chi connectivity index (χ3v) is 6.88. The highest BCUT2D eigenvalue weighted by atomic mass is 35.5. The number of ether oxygens (including phenoxy) is 1. The predicted octanol–water partition coefficient (Wildman–Crippen LogP) is 3.55. The fourth-order valence-corrected chi connectivity index (χ4v) is 4.61. The van der Waals surface area contributed by atoms with E-state index in [1.807, 2.05) is 24.3 Å². The molecule has 0 bridgehead atoms. The molecule has 0 spiro atoms. The SMILES string of the molecule is COc1ccc(-n2nc3nc(N4CCN(CCN(C)C)CC4)nc(-c4ccc(F)c(Cl)c4)c3c2N)cc1. The lowest BCUT2D eigenvalue weighted by atomic mass is 10.1. The zero-order valence-electron chi connectivity index (χ0n) is 21.2. The third-order valence-electron chi connectivity index (χ3n) is 6.59. The van der Waals surface area contributed by atoms with Gasteiger partial charge in [-0.2, -0.15) is 4.98 Å². The smallest absolute Gasteiger partial charge is 0.228 e. The van der Waals surface area contributed by atoms with Crippen molar-refractivity contribution in [2.45, 2.75) is 0 Å². The number of methoxy groups -OCH3 is 1. The van der Waals surface area contributed by atoms with Crippen LogP contribution >= 0.6 is 11.6 Å². The minimum absolute atomic E-state index is 0.0152. The van der Waals surface area contributed by atoms with Gasteiger partial charge in [-0.05, 0) is 56.6 Å². The maximum absolute atomic E-state index is 14.0. The summed E-state index contributed by atoms with van der Waals surface area (Å²) in [5, 5.41) is 5.34. The number of hydrogen-bond acceptors (Lipinski definition) is 8. The zero-order valence-corrected chi connectivity index (χ0v) is 21.9. The van der Waals surface area contributed by atoms with Crippen molar-refractivity contribution < 1.29 is 9.13 Å². The van der Waals surface area contributed by atoms with E-state index in [9.17, 15) is 4.39 Å². The topological polar surface area (TPSA) is 88.6 Å². The van der Waals surface area contributed by atoms with Crippen LogP contribution in [0.1, 0.15) is 0 Å². The minimum Gasteiger partial charge on any atom is -0.497 e. The summed E-state index contributed by atoms with van der Waals surface area (Å²) in [5.41, 5.74) is 9.04. The van der Waals surface area contributed by atoms with Crippen LogP contribution in [-0.2, 0) is 0 Å². The number of piperazine rings is 1. The van der Waals surface area contributed by atoms with Gasteiger partial charge in [-0.1, -0.05) is 11.6 Å². The van der Waals surface area contributed by atoms with E-state index in [4.69, 9.17) is 37.1 Å². The number of anilines is 2. The Morgan fingerprint density at radius 3 is 2.43 bits per heavy atom. The molecule has 1 saturated heterocycles. The number of nitrogens with two attached hydrogens (primary N) is 1. The standard InChI is InChI=1S/C26H30ClFN8O/c1-33(2)10-11-34-12-14-35(15-13-34)26-30-23(17-4-9-21(28)20(27)16-17)22-24(29)36(32-25(22)31-26)18-5-7-19(37-3)8-6-18/h4-9,16H,10-15,29H2,1-3H3. The van der Waals surface area contributed by atoms with Crippen molar-refractivity contribution in [1.29, 1.82) is 0 Å². The molecule has 5 rings (SSSR count). The summed E-state index contributed by atoms with van der Waals surface area (Å²) in [7, 11) is 5.78. The van der Waals surface area contributed by atoms with E-state index in [2.05, 4.69) is 28.8 Å². The van der Waals surface area contributed by atoms with Crippen molar-refractivity contribution >= 4 is 34.4 Å². The molecule has 1 aliphatic heterocycles. The fourth-order valence-electron chi connectivity index (χ4n) is 4.43. The first-order valence-electron chi connectivity index (χ1n) is 12.1. The van der Waals surface area contributed by atoms with E-state index in [-0.39, 0.29) is 5.02 Å². The first-order valence-corrected chi connectivity index (χ1v) is 12.5. The molecular formula is C26H30ClFN8O. The number of benzene rings is 2. The molecule has 0 amide bonds. The van der Waals surface area contributed by atoms with Crippen LogP contribution in [0.2, 0.25) is 5.02 Å². The molecule has 9 nitrogen and oxygen atoms in total. The lowest BCUT2D eigenvalue weighted by Crippen LogP contribution is -2.48. The Kier molecular flexibility index (Phi) is 7.14. The molecule has 37 heavy (non-hydrogen) atoms. The third kappa shape index (κ3) is 5.18. The van der Waals surface area contributed by atoms with Gasteiger partial charge in [-0.15, -0.1) is 5.10 Å². The maximum Gasteiger partial charge on any atom is 0.228 e. The van der Waals surface area contributed by atoms with E-state index in [0.717, 1.165) is 50.7 Å². The van der Waals surface area contributed by atoms with Gasteiger partial charge < -0.3 is 20.3 Å². The van der Waals surface area contributed by atoms with E-state index in [1.165, 1.54) is 6.07 Å². The Bertz CT molecular complexity index is 1400. The number of likely N-dealkylation sites (N-methyl/N-ethyl adjacent to an activating group) is 1. The summed E-state index contributed by atoms with van der Waals surface area (Å²) < 4.78 is 20.9. The van der Waals surface area contributed by atoms with Gasteiger partial charge in [-0.25, -0.2) is 14.1 Å². The maximum atomic E-state index is 14.0. The highest BCUT2D eigenvalue weighted by Crippen LogP contribution is 2.35. The molecule has 1 fully saturated rings. The molecule has 4 aromatic rings. The van der Waals surface area contributed by atoms with Crippen LogP contribution in [-0.4, -0.2) is 90.0 Å². The number of aromatic nitrogens is 4. The zero-order chi connectivity index (χ0) is 26.1. The normalized spacial score (nSPS) is 14.6. The monoisotopic (exact) mass is 524 g/mol. The number of nitrogens with zero attached hydrogens (tertiary/aromatic N) is 7. The second-order valence-corrected chi connectivity index (χ2v) is 9.73. The molecule has 0 atom stereocenters. The Hall–Kier alpha value is -3.47. The number of nitrogen functional groups attached to an aromatic ring is 1. The molecular weight excluding hydrogens is 495 g/mol. The van der Waals surface area contributed by atoms with Gasteiger partial charge in [0.1, 0.15) is 17.4 Å². The minimum atomic E-state index is -0.494. The fraction of sp³-hybridized carbons (Fsp3) is 0.346. The van der Waals surface area contributed by atoms with Crippen LogP contribution in [0.4, 0.5) is 16.2 Å². The van der Waals surface area contributed by atoms with Crippen molar-refractivity contribution in [3.63, 3.8) is 0 Å². The van der Waals surface area contributed by atoms with Crippen molar-refractivity contribution in [2.75, 3.05) is 71.1 Å². The first kappa shape index (κ1) is 25.2. The molecule has 194 valence electrons. The van der Waals surface area contributed by atoms with Crippen molar-refractivity contribution in [1.82, 2.24) is 29.5 Å². The second-order valence-electron chi connectivity index (χ2n) is 9.33. The van der Waals surface area contributed by atoms with Crippen LogP contribution < -0.4 is 15.4 Å². The Labute approximate surface area is 220 Å². The number of hydrogen-bond donors (Lipinski definition) is 1. The Morgan fingerprint density at radius 1 is 1.05 bits per heavy atom. The summed E-state index contributed by atoms with van der Waals surface area (Å²) in [6.07, 6.45) is 0. The average molecular weight is 525 g/mol. The van der Waals surface area contributed by atoms with Crippen LogP contribution in [0.15, 0.2) is 42.5 Å². The lowest BCUT2D eigenvalue weighted by molar-refractivity contribution is 0.229. The summed E-state index contributed by atoms with van der Waals surface area (Å²) in [4.78, 5) is 16.5. The quantitative estimate of drug-likeness (QED) is 0.393. The van der Waals surface area contributed by atoms with Gasteiger partial charge in [-0.3, -0.25) is 4.90 Å². The average Bonchev–Trinajstić information content (AvgIpc) is 3.25. The summed E-state index contributed by atoms with van der Waals surface area (Å²) in [6, 6.07) is 12.0. The molecule has 0 aliphatic carbocycles. The summed E-state index contributed by atoms with van der Waals surface area (Å²) >= 11 is 6.14. The van der Waals surface area contributed by atoms with Crippen LogP contribution in [0.25, 0.3) is 28.0 Å². The summed E-state index contributed by atoms with van der Waals surface area (Å²) in [5.74, 6) is 1.18. The molecule has 2 aromatic heterocycles. The highest BCUT2D eigenvalue weighted by molar-refractivity contribution is 6.31. The van der Waals surface area contributed by atoms with E-state index in [0.29, 0.717) is 34.1 Å². The molecule has 2 N–H and O–H groups in total. The molecule has 0 radical (unpaired) electrons. The van der Waals surface area contributed by atoms with Gasteiger partial charge in [0.05, 0.1) is 28.9 Å². The molecule has 0 unspecified atom stereocenters. The highest BCUT2D eigenvalue weighted by Gasteiger charge is 2.24. The first-order chi connectivity index (χ1) is 17.8. The van der Waals surface area contributed by atoms with Gasteiger partial charge >= 0.3 is 0 Å². The number of rotatable bonds is 7. The van der Waals surface area contributed by atoms with E-state index < -0.39 is 5.82 Å². The number of halogens is 2. The van der Waals surface area contributed by atoms with Crippen molar-refractivity contribution in [3.8, 4) is 22.7 Å². The van der Waals surface area contributed by atoms with Gasteiger partial charge in [0.15, 0.2) is 5.65 Å². The molecule has 1 aliphatic rings. The molecule has 3 heterocycles. The predicted molar refractivity (Wildman–Crippen MR) is 145 cm³/mol. The Morgan fingerprint density at radius 2 is 1.78 bits per heavy atom. The second kappa shape index (κ2) is 10.5. The van der Waals surface area contributed by atoms with Crippen LogP contribution in [0.5, 0.6) is 5.75 Å². The Balaban J connectivity index is 1.56. The van der Waals surface area contributed by atoms with E-state index >= 15 is 0 Å². The molecule has 2 aromatic carbocycles. The molecule has 0 saturated carbocycles. The molecule has 11 heteroatoms. The van der Waals surface area contributed by atoms with Crippen LogP contribution in [0.3, 0.4) is 0 Å².